The molecule has 1 aromatic heterocycles. The predicted octanol–water partition coefficient (Wildman–Crippen LogP) is 3.27. The minimum absolute atomic E-state index is 0.0423. The van der Waals surface area contributed by atoms with Crippen LogP contribution >= 0.6 is 11.3 Å². The van der Waals surface area contributed by atoms with Crippen molar-refractivity contribution in [3.63, 3.8) is 0 Å². The molecule has 3 aromatic rings. The molecule has 0 aliphatic rings. The number of carbonyl (C=O) groups is 1. The molecule has 0 saturated heterocycles. The molecular formula is C18H19N3O4S2. The molecule has 1 heterocycles. The van der Waals surface area contributed by atoms with Gasteiger partial charge in [0.25, 0.3) is 5.91 Å². The van der Waals surface area contributed by atoms with E-state index in [1.807, 2.05) is 13.8 Å². The van der Waals surface area contributed by atoms with Crippen molar-refractivity contribution in [1.29, 1.82) is 0 Å². The van der Waals surface area contributed by atoms with Gasteiger partial charge in [-0.1, -0.05) is 23.5 Å². The zero-order valence-electron chi connectivity index (χ0n) is 15.0. The van der Waals surface area contributed by atoms with E-state index < -0.39 is 15.9 Å². The molecule has 9 heteroatoms. The standard InChI is InChI=1S/C18H19N3O4S2/c1-11(2)21-15-9-8-12(10-16(15)26-18(21)23)19-17(22)13-6-4-5-7-14(13)20-27(3,24)25/h4-11,20H,1-3H3,(H,19,22). The number of anilines is 2. The Kier molecular flexibility index (Phi) is 5.07. The number of amides is 1. The Morgan fingerprint density at radius 2 is 1.85 bits per heavy atom. The van der Waals surface area contributed by atoms with Crippen LogP contribution in [-0.4, -0.2) is 25.1 Å². The number of carbonyl (C=O) groups excluding carboxylic acids is 1. The summed E-state index contributed by atoms with van der Waals surface area (Å²) < 4.78 is 27.8. The van der Waals surface area contributed by atoms with Gasteiger partial charge >= 0.3 is 4.87 Å². The number of para-hydroxylation sites is 1. The van der Waals surface area contributed by atoms with E-state index in [0.717, 1.165) is 27.8 Å². The van der Waals surface area contributed by atoms with Gasteiger partial charge < -0.3 is 5.32 Å². The maximum atomic E-state index is 12.6. The van der Waals surface area contributed by atoms with E-state index in [2.05, 4.69) is 10.0 Å². The first-order chi connectivity index (χ1) is 12.7. The third-order valence-corrected chi connectivity index (χ3v) is 5.36. The quantitative estimate of drug-likeness (QED) is 0.681. The predicted molar refractivity (Wildman–Crippen MR) is 109 cm³/mol. The van der Waals surface area contributed by atoms with Gasteiger partial charge in [-0.15, -0.1) is 0 Å². The van der Waals surface area contributed by atoms with Crippen LogP contribution in [0.2, 0.25) is 0 Å². The van der Waals surface area contributed by atoms with Gasteiger partial charge in [0.2, 0.25) is 10.0 Å². The number of sulfonamides is 1. The highest BCUT2D eigenvalue weighted by atomic mass is 32.2. The second kappa shape index (κ2) is 7.16. The Bertz CT molecular complexity index is 1180. The maximum absolute atomic E-state index is 12.6. The van der Waals surface area contributed by atoms with Gasteiger partial charge in [-0.25, -0.2) is 8.42 Å². The van der Waals surface area contributed by atoms with E-state index in [9.17, 15) is 18.0 Å². The second-order valence-electron chi connectivity index (χ2n) is 6.39. The van der Waals surface area contributed by atoms with Crippen molar-refractivity contribution in [3.05, 3.63) is 57.7 Å². The number of nitrogens with one attached hydrogen (secondary N) is 2. The molecule has 2 N–H and O–H groups in total. The average Bonchev–Trinajstić information content (AvgIpc) is 2.88. The fourth-order valence-electron chi connectivity index (χ4n) is 2.77. The summed E-state index contributed by atoms with van der Waals surface area (Å²) in [5, 5.41) is 2.76. The van der Waals surface area contributed by atoms with Crippen LogP contribution in [0, 0.1) is 0 Å². The number of fused-ring (bicyclic) bond motifs is 1. The second-order valence-corrected chi connectivity index (χ2v) is 9.13. The summed E-state index contributed by atoms with van der Waals surface area (Å²) in [6, 6.07) is 11.7. The Balaban J connectivity index is 1.92. The first kappa shape index (κ1) is 19.1. The van der Waals surface area contributed by atoms with E-state index in [-0.39, 0.29) is 22.2 Å². The Labute approximate surface area is 160 Å². The smallest absolute Gasteiger partial charge is 0.308 e. The van der Waals surface area contributed by atoms with Crippen LogP contribution in [0.25, 0.3) is 10.2 Å². The summed E-state index contributed by atoms with van der Waals surface area (Å²) in [5.74, 6) is -0.447. The molecule has 142 valence electrons. The first-order valence-corrected chi connectivity index (χ1v) is 10.9. The first-order valence-electron chi connectivity index (χ1n) is 8.19. The third-order valence-electron chi connectivity index (χ3n) is 3.85. The van der Waals surface area contributed by atoms with Gasteiger partial charge in [-0.05, 0) is 44.2 Å². The molecule has 0 spiro atoms. The fraction of sp³-hybridized carbons (Fsp3) is 0.222. The number of hydrogen-bond donors (Lipinski definition) is 2. The Morgan fingerprint density at radius 3 is 2.52 bits per heavy atom. The fourth-order valence-corrected chi connectivity index (χ4v) is 4.40. The van der Waals surface area contributed by atoms with E-state index >= 15 is 0 Å². The number of thiazole rings is 1. The molecule has 2 aromatic carbocycles. The van der Waals surface area contributed by atoms with E-state index in [1.165, 1.54) is 12.1 Å². The van der Waals surface area contributed by atoms with Gasteiger partial charge in [-0.2, -0.15) is 0 Å². The summed E-state index contributed by atoms with van der Waals surface area (Å²) in [4.78, 5) is 24.7. The lowest BCUT2D eigenvalue weighted by molar-refractivity contribution is 0.102. The molecule has 0 saturated carbocycles. The van der Waals surface area contributed by atoms with E-state index in [4.69, 9.17) is 0 Å². The van der Waals surface area contributed by atoms with Crippen molar-refractivity contribution in [3.8, 4) is 0 Å². The van der Waals surface area contributed by atoms with Gasteiger partial charge in [0, 0.05) is 11.7 Å². The molecule has 7 nitrogen and oxygen atoms in total. The van der Waals surface area contributed by atoms with Crippen molar-refractivity contribution >= 4 is 48.9 Å². The van der Waals surface area contributed by atoms with Gasteiger partial charge in [0.1, 0.15) is 0 Å². The monoisotopic (exact) mass is 405 g/mol. The minimum atomic E-state index is -3.51. The van der Waals surface area contributed by atoms with Crippen molar-refractivity contribution in [2.24, 2.45) is 0 Å². The average molecular weight is 406 g/mol. The molecule has 0 unspecified atom stereocenters. The topological polar surface area (TPSA) is 97.3 Å². The summed E-state index contributed by atoms with van der Waals surface area (Å²) in [6.45, 7) is 3.88. The highest BCUT2D eigenvalue weighted by Gasteiger charge is 2.15. The Morgan fingerprint density at radius 1 is 1.15 bits per heavy atom. The molecule has 0 radical (unpaired) electrons. The van der Waals surface area contributed by atoms with Crippen LogP contribution < -0.4 is 14.9 Å². The van der Waals surface area contributed by atoms with Crippen LogP contribution in [0.5, 0.6) is 0 Å². The lowest BCUT2D eigenvalue weighted by Crippen LogP contribution is -2.17. The normalized spacial score (nSPS) is 11.7. The zero-order valence-corrected chi connectivity index (χ0v) is 16.6. The molecule has 0 aliphatic heterocycles. The van der Waals surface area contributed by atoms with Crippen LogP contribution in [-0.2, 0) is 10.0 Å². The summed E-state index contributed by atoms with van der Waals surface area (Å²) >= 11 is 1.12. The highest BCUT2D eigenvalue weighted by Crippen LogP contribution is 2.25. The number of nitrogens with zero attached hydrogens (tertiary/aromatic N) is 1. The molecule has 3 rings (SSSR count). The van der Waals surface area contributed by atoms with Crippen LogP contribution in [0.3, 0.4) is 0 Å². The SMILES string of the molecule is CC(C)n1c(=O)sc2cc(NC(=O)c3ccccc3NS(C)(=O)=O)ccc21. The lowest BCUT2D eigenvalue weighted by Gasteiger charge is -2.11. The minimum Gasteiger partial charge on any atom is -0.322 e. The zero-order chi connectivity index (χ0) is 19.8. The van der Waals surface area contributed by atoms with Crippen molar-refractivity contribution in [1.82, 2.24) is 4.57 Å². The summed E-state index contributed by atoms with van der Waals surface area (Å²) in [6.07, 6.45) is 1.02. The van der Waals surface area contributed by atoms with E-state index in [1.54, 1.807) is 34.9 Å². The number of benzene rings is 2. The summed E-state index contributed by atoms with van der Waals surface area (Å²) in [7, 11) is -3.51. The number of aromatic nitrogens is 1. The van der Waals surface area contributed by atoms with Crippen LogP contribution in [0.4, 0.5) is 11.4 Å². The highest BCUT2D eigenvalue weighted by molar-refractivity contribution is 7.92. The summed E-state index contributed by atoms with van der Waals surface area (Å²) in [5.41, 5.74) is 1.75. The molecule has 0 atom stereocenters. The molecule has 1 amide bonds. The number of hydrogen-bond acceptors (Lipinski definition) is 5. The van der Waals surface area contributed by atoms with Gasteiger partial charge in [-0.3, -0.25) is 18.9 Å². The van der Waals surface area contributed by atoms with Gasteiger partial charge in [0.05, 0.1) is 27.7 Å². The molecule has 0 aliphatic carbocycles. The lowest BCUT2D eigenvalue weighted by atomic mass is 10.1. The van der Waals surface area contributed by atoms with Crippen molar-refractivity contribution in [2.75, 3.05) is 16.3 Å². The third kappa shape index (κ3) is 4.20. The van der Waals surface area contributed by atoms with Crippen molar-refractivity contribution < 1.29 is 13.2 Å². The van der Waals surface area contributed by atoms with Gasteiger partial charge in [0.15, 0.2) is 0 Å². The Hall–Kier alpha value is -2.65. The van der Waals surface area contributed by atoms with Crippen LogP contribution in [0.15, 0.2) is 47.3 Å². The largest absolute Gasteiger partial charge is 0.322 e. The van der Waals surface area contributed by atoms with E-state index in [0.29, 0.717) is 5.69 Å². The molecule has 0 fully saturated rings. The molecule has 27 heavy (non-hydrogen) atoms. The van der Waals surface area contributed by atoms with Crippen LogP contribution in [0.1, 0.15) is 30.2 Å². The number of rotatable bonds is 5. The van der Waals surface area contributed by atoms with Crippen molar-refractivity contribution in [2.45, 2.75) is 19.9 Å². The maximum Gasteiger partial charge on any atom is 0.308 e. The molecule has 0 bridgehead atoms. The molecular weight excluding hydrogens is 386 g/mol.